The van der Waals surface area contributed by atoms with Gasteiger partial charge in [-0.15, -0.1) is 0 Å². The Balaban J connectivity index is 3.05. The van der Waals surface area contributed by atoms with Crippen molar-refractivity contribution in [1.82, 2.24) is 4.98 Å². The maximum Gasteiger partial charge on any atom is 0.129 e. The van der Waals surface area contributed by atoms with Crippen LogP contribution in [0.5, 0.6) is 0 Å². The van der Waals surface area contributed by atoms with Gasteiger partial charge in [0.05, 0.1) is 6.10 Å². The van der Waals surface area contributed by atoms with Crippen molar-refractivity contribution in [2.45, 2.75) is 33.0 Å². The van der Waals surface area contributed by atoms with Crippen LogP contribution in [0.1, 0.15) is 31.1 Å². The summed E-state index contributed by atoms with van der Waals surface area (Å²) in [7, 11) is 0. The molecule has 84 valence electrons. The third-order valence-corrected chi connectivity index (χ3v) is 2.54. The highest BCUT2D eigenvalue weighted by molar-refractivity contribution is 5.45. The van der Waals surface area contributed by atoms with Crippen molar-refractivity contribution < 1.29 is 10.2 Å². The first-order valence-corrected chi connectivity index (χ1v) is 5.02. The molecule has 2 atom stereocenters. The van der Waals surface area contributed by atoms with Crippen LogP contribution in [0.15, 0.2) is 12.3 Å². The van der Waals surface area contributed by atoms with Crippen molar-refractivity contribution in [2.75, 3.05) is 5.73 Å². The summed E-state index contributed by atoms with van der Waals surface area (Å²) in [5.74, 6) is 0.251. The number of aliphatic hydroxyl groups excluding tert-OH is 2. The molecule has 1 aromatic rings. The molecule has 0 bridgehead atoms. The van der Waals surface area contributed by atoms with Gasteiger partial charge in [0.15, 0.2) is 0 Å². The van der Waals surface area contributed by atoms with Crippen LogP contribution in [0.25, 0.3) is 0 Å². The number of aryl methyl sites for hydroxylation is 1. The third-order valence-electron chi connectivity index (χ3n) is 2.54. The van der Waals surface area contributed by atoms with Gasteiger partial charge in [-0.2, -0.15) is 0 Å². The average Bonchev–Trinajstić information content (AvgIpc) is 2.15. The van der Waals surface area contributed by atoms with E-state index in [4.69, 9.17) is 5.73 Å². The highest BCUT2D eigenvalue weighted by Gasteiger charge is 2.25. The topological polar surface area (TPSA) is 79.4 Å². The van der Waals surface area contributed by atoms with Gasteiger partial charge in [0.25, 0.3) is 0 Å². The molecule has 15 heavy (non-hydrogen) atoms. The molecule has 1 rings (SSSR count). The van der Waals surface area contributed by atoms with Crippen LogP contribution in [-0.2, 0) is 0 Å². The minimum Gasteiger partial charge on any atom is -0.390 e. The minimum atomic E-state index is -0.973. The lowest BCUT2D eigenvalue weighted by atomic mass is 9.94. The number of hydrogen-bond donors (Lipinski definition) is 3. The molecule has 0 aromatic carbocycles. The largest absolute Gasteiger partial charge is 0.390 e. The van der Waals surface area contributed by atoms with E-state index in [1.807, 2.05) is 20.8 Å². The molecular formula is C11H18N2O2. The van der Waals surface area contributed by atoms with E-state index in [-0.39, 0.29) is 11.7 Å². The fourth-order valence-corrected chi connectivity index (χ4v) is 1.51. The van der Waals surface area contributed by atoms with Crippen molar-refractivity contribution >= 4 is 5.82 Å². The van der Waals surface area contributed by atoms with E-state index in [2.05, 4.69) is 4.98 Å². The second kappa shape index (κ2) is 4.59. The molecule has 0 radical (unpaired) electrons. The lowest BCUT2D eigenvalue weighted by molar-refractivity contribution is -0.00945. The van der Waals surface area contributed by atoms with Crippen LogP contribution in [0.3, 0.4) is 0 Å². The normalized spacial score (nSPS) is 15.3. The molecule has 0 saturated carbocycles. The first-order chi connectivity index (χ1) is 6.95. The third kappa shape index (κ3) is 2.46. The lowest BCUT2D eigenvalue weighted by Gasteiger charge is -2.23. The van der Waals surface area contributed by atoms with E-state index < -0.39 is 12.2 Å². The fraction of sp³-hybridized carbons (Fsp3) is 0.545. The van der Waals surface area contributed by atoms with E-state index in [1.165, 1.54) is 0 Å². The predicted octanol–water partition coefficient (Wildman–Crippen LogP) is 1.02. The summed E-state index contributed by atoms with van der Waals surface area (Å²) in [6.07, 6.45) is -0.211. The summed E-state index contributed by atoms with van der Waals surface area (Å²) in [5, 5.41) is 19.7. The van der Waals surface area contributed by atoms with Crippen molar-refractivity contribution in [3.8, 4) is 0 Å². The summed E-state index contributed by atoms with van der Waals surface area (Å²) in [5.41, 5.74) is 7.05. The van der Waals surface area contributed by atoms with Crippen molar-refractivity contribution in [2.24, 2.45) is 5.92 Å². The Hall–Kier alpha value is -1.13. The van der Waals surface area contributed by atoms with Gasteiger partial charge in [0.1, 0.15) is 11.9 Å². The molecule has 0 aliphatic heterocycles. The molecule has 4 nitrogen and oxygen atoms in total. The Morgan fingerprint density at radius 1 is 1.33 bits per heavy atom. The maximum atomic E-state index is 9.95. The molecular weight excluding hydrogens is 192 g/mol. The van der Waals surface area contributed by atoms with E-state index in [0.29, 0.717) is 5.56 Å². The first kappa shape index (κ1) is 11.9. The molecule has 0 fully saturated rings. The summed E-state index contributed by atoms with van der Waals surface area (Å²) in [6, 6.07) is 1.77. The number of nitrogens with zero attached hydrogens (tertiary/aromatic N) is 1. The number of aliphatic hydroxyl groups is 2. The molecule has 1 heterocycles. The van der Waals surface area contributed by atoms with Gasteiger partial charge in [-0.05, 0) is 24.5 Å². The standard InChI is InChI=1S/C11H18N2O2/c1-6(2)9(14)10(15)8-7(3)4-5-13-11(8)12/h4-6,9-10,14-15H,1-3H3,(H2,12,13). The zero-order chi connectivity index (χ0) is 11.6. The van der Waals surface area contributed by atoms with E-state index >= 15 is 0 Å². The molecule has 0 amide bonds. The van der Waals surface area contributed by atoms with Gasteiger partial charge in [0.2, 0.25) is 0 Å². The Kier molecular flexibility index (Phi) is 3.66. The second-order valence-electron chi connectivity index (χ2n) is 4.11. The minimum absolute atomic E-state index is 0.0287. The number of hydrogen-bond acceptors (Lipinski definition) is 4. The lowest BCUT2D eigenvalue weighted by Crippen LogP contribution is -2.25. The fourth-order valence-electron chi connectivity index (χ4n) is 1.51. The predicted molar refractivity (Wildman–Crippen MR) is 59.2 cm³/mol. The van der Waals surface area contributed by atoms with Crippen LogP contribution in [-0.4, -0.2) is 21.3 Å². The highest BCUT2D eigenvalue weighted by Crippen LogP contribution is 2.27. The average molecular weight is 210 g/mol. The maximum absolute atomic E-state index is 9.95. The zero-order valence-electron chi connectivity index (χ0n) is 9.31. The van der Waals surface area contributed by atoms with Crippen LogP contribution >= 0.6 is 0 Å². The van der Waals surface area contributed by atoms with Gasteiger partial charge in [-0.25, -0.2) is 4.98 Å². The van der Waals surface area contributed by atoms with Crippen molar-refractivity contribution in [3.63, 3.8) is 0 Å². The Morgan fingerprint density at radius 2 is 1.93 bits per heavy atom. The molecule has 0 spiro atoms. The van der Waals surface area contributed by atoms with Gasteiger partial charge in [-0.1, -0.05) is 13.8 Å². The van der Waals surface area contributed by atoms with Gasteiger partial charge >= 0.3 is 0 Å². The van der Waals surface area contributed by atoms with Crippen molar-refractivity contribution in [3.05, 3.63) is 23.4 Å². The van der Waals surface area contributed by atoms with E-state index in [9.17, 15) is 10.2 Å². The molecule has 0 saturated heterocycles. The number of nitrogen functional groups attached to an aromatic ring is 1. The molecule has 4 heteroatoms. The molecule has 0 aliphatic rings. The first-order valence-electron chi connectivity index (χ1n) is 5.02. The molecule has 4 N–H and O–H groups in total. The summed E-state index contributed by atoms with van der Waals surface area (Å²) in [4.78, 5) is 3.91. The monoisotopic (exact) mass is 210 g/mol. The number of anilines is 1. The van der Waals surface area contributed by atoms with Crippen LogP contribution in [0, 0.1) is 12.8 Å². The van der Waals surface area contributed by atoms with Crippen LogP contribution in [0.2, 0.25) is 0 Å². The quantitative estimate of drug-likeness (QED) is 0.696. The van der Waals surface area contributed by atoms with E-state index in [1.54, 1.807) is 12.3 Å². The number of rotatable bonds is 3. The molecule has 1 aromatic heterocycles. The molecule has 0 aliphatic carbocycles. The van der Waals surface area contributed by atoms with Gasteiger partial charge in [-0.3, -0.25) is 0 Å². The number of nitrogens with two attached hydrogens (primary N) is 1. The molecule has 2 unspecified atom stereocenters. The smallest absolute Gasteiger partial charge is 0.129 e. The zero-order valence-corrected chi connectivity index (χ0v) is 9.31. The van der Waals surface area contributed by atoms with Crippen LogP contribution < -0.4 is 5.73 Å². The van der Waals surface area contributed by atoms with Gasteiger partial charge in [0, 0.05) is 11.8 Å². The SMILES string of the molecule is Cc1ccnc(N)c1C(O)C(O)C(C)C. The Labute approximate surface area is 89.8 Å². The summed E-state index contributed by atoms with van der Waals surface area (Å²) in [6.45, 7) is 5.52. The highest BCUT2D eigenvalue weighted by atomic mass is 16.3. The Morgan fingerprint density at radius 3 is 2.40 bits per heavy atom. The Bertz CT molecular complexity index is 319. The number of aromatic nitrogens is 1. The van der Waals surface area contributed by atoms with Gasteiger partial charge < -0.3 is 15.9 Å². The van der Waals surface area contributed by atoms with E-state index in [0.717, 1.165) is 5.56 Å². The number of pyridine rings is 1. The summed E-state index contributed by atoms with van der Waals surface area (Å²) >= 11 is 0. The van der Waals surface area contributed by atoms with Crippen LogP contribution in [0.4, 0.5) is 5.82 Å². The summed E-state index contributed by atoms with van der Waals surface area (Å²) < 4.78 is 0. The second-order valence-corrected chi connectivity index (χ2v) is 4.11. The van der Waals surface area contributed by atoms with Crippen molar-refractivity contribution in [1.29, 1.82) is 0 Å².